The van der Waals surface area contributed by atoms with E-state index in [0.29, 0.717) is 0 Å². The fraction of sp³-hybridized carbons (Fsp3) is 0.400. The van der Waals surface area contributed by atoms with Crippen molar-refractivity contribution in [2.45, 2.75) is 25.7 Å². The molecule has 1 heterocycles. The number of nitrogens with zero attached hydrogens (tertiary/aromatic N) is 1. The average Bonchev–Trinajstić information content (AvgIpc) is 2.93. The van der Waals surface area contributed by atoms with Crippen LogP contribution in [0.15, 0.2) is 42.7 Å². The lowest BCUT2D eigenvalue weighted by molar-refractivity contribution is 0.676. The first-order valence-corrected chi connectivity index (χ1v) is 8.20. The highest BCUT2D eigenvalue weighted by molar-refractivity contribution is 7.84. The van der Waals surface area contributed by atoms with Crippen LogP contribution in [0.1, 0.15) is 24.2 Å². The molecule has 1 unspecified atom stereocenters. The van der Waals surface area contributed by atoms with Crippen molar-refractivity contribution in [3.8, 4) is 0 Å². The SMILES string of the molecule is O=S(CCCc1ccccc1)CCCc1ncc[nH]1. The molecule has 102 valence electrons. The van der Waals surface area contributed by atoms with Crippen LogP contribution in [0.4, 0.5) is 0 Å². The van der Waals surface area contributed by atoms with Crippen molar-refractivity contribution in [2.75, 3.05) is 11.5 Å². The van der Waals surface area contributed by atoms with Gasteiger partial charge in [0, 0.05) is 41.1 Å². The van der Waals surface area contributed by atoms with Gasteiger partial charge in [0.1, 0.15) is 5.82 Å². The molecule has 0 aliphatic heterocycles. The van der Waals surface area contributed by atoms with Crippen LogP contribution in [0.5, 0.6) is 0 Å². The Labute approximate surface area is 116 Å². The normalized spacial score (nSPS) is 12.4. The van der Waals surface area contributed by atoms with Crippen LogP contribution in [-0.2, 0) is 23.6 Å². The van der Waals surface area contributed by atoms with Crippen LogP contribution < -0.4 is 0 Å². The smallest absolute Gasteiger partial charge is 0.106 e. The summed E-state index contributed by atoms with van der Waals surface area (Å²) in [5, 5.41) is 0. The number of rotatable bonds is 8. The Morgan fingerprint density at radius 3 is 2.47 bits per heavy atom. The minimum atomic E-state index is -0.697. The minimum absolute atomic E-state index is 0.697. The number of imidazole rings is 1. The minimum Gasteiger partial charge on any atom is -0.349 e. The summed E-state index contributed by atoms with van der Waals surface area (Å²) in [6, 6.07) is 10.4. The Balaban J connectivity index is 1.57. The first-order chi connectivity index (χ1) is 9.34. The molecular formula is C15H20N2OS. The summed E-state index contributed by atoms with van der Waals surface area (Å²) in [6.07, 6.45) is 7.42. The third-order valence-electron chi connectivity index (χ3n) is 3.02. The maximum Gasteiger partial charge on any atom is 0.106 e. The van der Waals surface area contributed by atoms with Gasteiger partial charge in [-0.1, -0.05) is 30.3 Å². The Bertz CT molecular complexity index is 482. The highest BCUT2D eigenvalue weighted by Gasteiger charge is 2.02. The molecule has 0 radical (unpaired) electrons. The summed E-state index contributed by atoms with van der Waals surface area (Å²) in [5.74, 6) is 2.56. The number of hydrogen-bond donors (Lipinski definition) is 1. The Hall–Kier alpha value is -1.42. The van der Waals surface area contributed by atoms with E-state index in [0.717, 1.165) is 43.0 Å². The quantitative estimate of drug-likeness (QED) is 0.806. The van der Waals surface area contributed by atoms with Gasteiger partial charge in [-0.05, 0) is 24.8 Å². The second-order valence-corrected chi connectivity index (χ2v) is 6.27. The largest absolute Gasteiger partial charge is 0.349 e. The van der Waals surface area contributed by atoms with Crippen molar-refractivity contribution >= 4 is 10.8 Å². The highest BCUT2D eigenvalue weighted by Crippen LogP contribution is 2.04. The molecular weight excluding hydrogens is 256 g/mol. The fourth-order valence-electron chi connectivity index (χ4n) is 2.02. The molecule has 0 saturated carbocycles. The van der Waals surface area contributed by atoms with Gasteiger partial charge in [-0.25, -0.2) is 4.98 Å². The molecule has 4 heteroatoms. The van der Waals surface area contributed by atoms with Crippen molar-refractivity contribution in [2.24, 2.45) is 0 Å². The second kappa shape index (κ2) is 7.89. The van der Waals surface area contributed by atoms with Gasteiger partial charge in [-0.2, -0.15) is 0 Å². The summed E-state index contributed by atoms with van der Waals surface area (Å²) in [6.45, 7) is 0. The van der Waals surface area contributed by atoms with E-state index in [1.807, 2.05) is 12.3 Å². The molecule has 0 fully saturated rings. The Morgan fingerprint density at radius 1 is 1.05 bits per heavy atom. The number of hydrogen-bond acceptors (Lipinski definition) is 2. The summed E-state index contributed by atoms with van der Waals surface area (Å²) in [7, 11) is -0.697. The van der Waals surface area contributed by atoms with Gasteiger partial charge in [0.15, 0.2) is 0 Å². The van der Waals surface area contributed by atoms with Gasteiger partial charge in [0.05, 0.1) is 0 Å². The zero-order valence-electron chi connectivity index (χ0n) is 11.0. The van der Waals surface area contributed by atoms with Crippen LogP contribution in [-0.4, -0.2) is 25.7 Å². The fourth-order valence-corrected chi connectivity index (χ4v) is 3.16. The molecule has 0 saturated heterocycles. The van der Waals surface area contributed by atoms with Gasteiger partial charge in [0.25, 0.3) is 0 Å². The zero-order chi connectivity index (χ0) is 13.3. The first-order valence-electron chi connectivity index (χ1n) is 6.72. The molecule has 0 amide bonds. The molecule has 0 bridgehead atoms. The van der Waals surface area contributed by atoms with Crippen molar-refractivity contribution in [3.63, 3.8) is 0 Å². The van der Waals surface area contributed by atoms with E-state index < -0.39 is 10.8 Å². The zero-order valence-corrected chi connectivity index (χ0v) is 11.9. The van der Waals surface area contributed by atoms with E-state index >= 15 is 0 Å². The molecule has 1 atom stereocenters. The van der Waals surface area contributed by atoms with Crippen LogP contribution in [0.2, 0.25) is 0 Å². The van der Waals surface area contributed by atoms with Gasteiger partial charge >= 0.3 is 0 Å². The maximum absolute atomic E-state index is 11.8. The van der Waals surface area contributed by atoms with Crippen LogP contribution in [0, 0.1) is 0 Å². The van der Waals surface area contributed by atoms with Crippen molar-refractivity contribution < 1.29 is 4.21 Å². The number of H-pyrrole nitrogens is 1. The van der Waals surface area contributed by atoms with Crippen molar-refractivity contribution in [1.82, 2.24) is 9.97 Å². The molecule has 3 nitrogen and oxygen atoms in total. The van der Waals surface area contributed by atoms with Gasteiger partial charge in [-0.3, -0.25) is 4.21 Å². The number of aromatic amines is 1. The van der Waals surface area contributed by atoms with Gasteiger partial charge < -0.3 is 4.98 Å². The lowest BCUT2D eigenvalue weighted by Crippen LogP contribution is -2.05. The third-order valence-corrected chi connectivity index (χ3v) is 4.51. The number of aryl methyl sites for hydroxylation is 2. The standard InChI is InChI=1S/C15H20N2OS/c18-19(13-5-9-15-16-10-11-17-15)12-4-8-14-6-2-1-3-7-14/h1-3,6-7,10-11H,4-5,8-9,12-13H2,(H,16,17). The lowest BCUT2D eigenvalue weighted by atomic mass is 10.1. The Morgan fingerprint density at radius 2 is 1.79 bits per heavy atom. The van der Waals surface area contributed by atoms with Crippen molar-refractivity contribution in [3.05, 3.63) is 54.1 Å². The number of nitrogens with one attached hydrogen (secondary N) is 1. The van der Waals surface area contributed by atoms with Gasteiger partial charge in [0.2, 0.25) is 0 Å². The number of aromatic nitrogens is 2. The molecule has 0 spiro atoms. The van der Waals surface area contributed by atoms with Crippen molar-refractivity contribution in [1.29, 1.82) is 0 Å². The second-order valence-electron chi connectivity index (χ2n) is 4.58. The maximum atomic E-state index is 11.8. The van der Waals surface area contributed by atoms with E-state index in [1.165, 1.54) is 5.56 Å². The molecule has 1 aromatic carbocycles. The van der Waals surface area contributed by atoms with Crippen LogP contribution >= 0.6 is 0 Å². The predicted molar refractivity (Wildman–Crippen MR) is 79.5 cm³/mol. The van der Waals surface area contributed by atoms with E-state index in [1.54, 1.807) is 6.20 Å². The summed E-state index contributed by atoms with van der Waals surface area (Å²) in [4.78, 5) is 7.23. The topological polar surface area (TPSA) is 45.8 Å². The molecule has 2 aromatic rings. The summed E-state index contributed by atoms with van der Waals surface area (Å²) < 4.78 is 11.8. The molecule has 0 aliphatic carbocycles. The van der Waals surface area contributed by atoms with Crippen LogP contribution in [0.3, 0.4) is 0 Å². The summed E-state index contributed by atoms with van der Waals surface area (Å²) in [5.41, 5.74) is 1.33. The van der Waals surface area contributed by atoms with Crippen LogP contribution in [0.25, 0.3) is 0 Å². The first kappa shape index (κ1) is 14.0. The third kappa shape index (κ3) is 5.39. The molecule has 19 heavy (non-hydrogen) atoms. The monoisotopic (exact) mass is 276 g/mol. The molecule has 0 aliphatic rings. The molecule has 2 rings (SSSR count). The highest BCUT2D eigenvalue weighted by atomic mass is 32.2. The van der Waals surface area contributed by atoms with E-state index in [4.69, 9.17) is 0 Å². The summed E-state index contributed by atoms with van der Waals surface area (Å²) >= 11 is 0. The van der Waals surface area contributed by atoms with Gasteiger partial charge in [-0.15, -0.1) is 0 Å². The Kier molecular flexibility index (Phi) is 5.82. The lowest BCUT2D eigenvalue weighted by Gasteiger charge is -2.02. The average molecular weight is 276 g/mol. The van der Waals surface area contributed by atoms with E-state index in [-0.39, 0.29) is 0 Å². The molecule has 1 N–H and O–H groups in total. The van der Waals surface area contributed by atoms with E-state index in [2.05, 4.69) is 34.2 Å². The number of benzene rings is 1. The van der Waals surface area contributed by atoms with E-state index in [9.17, 15) is 4.21 Å². The molecule has 1 aromatic heterocycles. The predicted octanol–water partition coefficient (Wildman–Crippen LogP) is 2.72.